The Morgan fingerprint density at radius 2 is 1.89 bits per heavy atom. The predicted octanol–water partition coefficient (Wildman–Crippen LogP) is 2.74. The monoisotopic (exact) mass is 271 g/mol. The topological polar surface area (TPSA) is 47.8 Å². The van der Waals surface area contributed by atoms with Gasteiger partial charge in [0.1, 0.15) is 0 Å². The van der Waals surface area contributed by atoms with E-state index in [1.807, 2.05) is 13.0 Å². The van der Waals surface area contributed by atoms with Crippen LogP contribution in [0.2, 0.25) is 5.02 Å². The fourth-order valence-electron chi connectivity index (χ4n) is 2.10. The molecule has 0 spiro atoms. The second kappa shape index (κ2) is 4.48. The maximum Gasteiger partial charge on any atom is 0.352 e. The first-order valence-electron chi connectivity index (χ1n) is 5.76. The van der Waals surface area contributed by atoms with Crippen LogP contribution < -0.4 is 5.69 Å². The van der Waals surface area contributed by atoms with Crippen LogP contribution >= 0.6 is 11.6 Å². The van der Waals surface area contributed by atoms with Crippen molar-refractivity contribution in [2.24, 2.45) is 0 Å². The zero-order valence-electron chi connectivity index (χ0n) is 10.2. The molecule has 0 unspecified atom stereocenters. The Kier molecular flexibility index (Phi) is 2.80. The number of aryl methyl sites for hydroxylation is 1. The van der Waals surface area contributed by atoms with Crippen LogP contribution in [0.3, 0.4) is 0 Å². The minimum atomic E-state index is -0.321. The van der Waals surface area contributed by atoms with E-state index in [4.69, 9.17) is 11.6 Å². The summed E-state index contributed by atoms with van der Waals surface area (Å²) < 4.78 is 1.54. The first kappa shape index (κ1) is 11.9. The standard InChI is InChI=1S/C14H10ClN3O/c1-9-12-3-2-10(15)8-13(12)18(14(19)17-9)11-4-6-16-7-5-11/h2-8H,1H3. The van der Waals surface area contributed by atoms with E-state index < -0.39 is 0 Å². The molecule has 0 saturated carbocycles. The van der Waals surface area contributed by atoms with Crippen LogP contribution in [0, 0.1) is 6.92 Å². The van der Waals surface area contributed by atoms with Gasteiger partial charge in [-0.05, 0) is 37.3 Å². The second-order valence-electron chi connectivity index (χ2n) is 4.18. The molecule has 0 atom stereocenters. The molecule has 0 fully saturated rings. The molecule has 1 aromatic carbocycles. The van der Waals surface area contributed by atoms with Gasteiger partial charge in [0, 0.05) is 22.8 Å². The number of pyridine rings is 1. The van der Waals surface area contributed by atoms with Crippen molar-refractivity contribution in [2.75, 3.05) is 0 Å². The average molecular weight is 272 g/mol. The molecule has 19 heavy (non-hydrogen) atoms. The Labute approximate surface area is 114 Å². The van der Waals surface area contributed by atoms with E-state index in [0.717, 1.165) is 16.6 Å². The van der Waals surface area contributed by atoms with E-state index in [2.05, 4.69) is 9.97 Å². The molecule has 3 rings (SSSR count). The molecule has 2 aromatic heterocycles. The third-order valence-corrected chi connectivity index (χ3v) is 3.20. The van der Waals surface area contributed by atoms with Crippen molar-refractivity contribution < 1.29 is 0 Å². The first-order chi connectivity index (χ1) is 9.16. The van der Waals surface area contributed by atoms with E-state index in [1.54, 1.807) is 36.7 Å². The lowest BCUT2D eigenvalue weighted by molar-refractivity contribution is 0.937. The van der Waals surface area contributed by atoms with Gasteiger partial charge < -0.3 is 0 Å². The zero-order chi connectivity index (χ0) is 13.4. The number of hydrogen-bond acceptors (Lipinski definition) is 3. The van der Waals surface area contributed by atoms with Gasteiger partial charge in [-0.15, -0.1) is 0 Å². The molecule has 0 N–H and O–H groups in total. The maximum atomic E-state index is 12.2. The van der Waals surface area contributed by atoms with E-state index in [0.29, 0.717) is 10.7 Å². The maximum absolute atomic E-state index is 12.2. The van der Waals surface area contributed by atoms with Crippen LogP contribution in [-0.2, 0) is 0 Å². The molecule has 4 nitrogen and oxygen atoms in total. The predicted molar refractivity (Wildman–Crippen MR) is 74.9 cm³/mol. The lowest BCUT2D eigenvalue weighted by Crippen LogP contribution is -2.22. The van der Waals surface area contributed by atoms with E-state index in [-0.39, 0.29) is 5.69 Å². The second-order valence-corrected chi connectivity index (χ2v) is 4.62. The number of hydrogen-bond donors (Lipinski definition) is 0. The third kappa shape index (κ3) is 2.00. The molecule has 2 heterocycles. The summed E-state index contributed by atoms with van der Waals surface area (Å²) >= 11 is 6.03. The summed E-state index contributed by atoms with van der Waals surface area (Å²) in [5.74, 6) is 0. The molecule has 0 aliphatic rings. The fourth-order valence-corrected chi connectivity index (χ4v) is 2.26. The molecule has 0 amide bonds. The summed E-state index contributed by atoms with van der Waals surface area (Å²) in [6, 6.07) is 8.96. The van der Waals surface area contributed by atoms with Gasteiger partial charge >= 0.3 is 5.69 Å². The summed E-state index contributed by atoms with van der Waals surface area (Å²) in [7, 11) is 0. The number of benzene rings is 1. The van der Waals surface area contributed by atoms with Crippen LogP contribution in [-0.4, -0.2) is 14.5 Å². The van der Waals surface area contributed by atoms with Gasteiger partial charge in [-0.1, -0.05) is 11.6 Å². The van der Waals surface area contributed by atoms with Crippen molar-refractivity contribution in [3.05, 3.63) is 63.9 Å². The molecule has 0 aliphatic carbocycles. The summed E-state index contributed by atoms with van der Waals surface area (Å²) in [5.41, 5.74) is 1.84. The lowest BCUT2D eigenvalue weighted by Gasteiger charge is -2.11. The van der Waals surface area contributed by atoms with Crippen LogP contribution in [0.4, 0.5) is 0 Å². The number of aromatic nitrogens is 3. The number of fused-ring (bicyclic) bond motifs is 1. The molecular weight excluding hydrogens is 262 g/mol. The normalized spacial score (nSPS) is 10.8. The van der Waals surface area contributed by atoms with Crippen molar-refractivity contribution in [1.29, 1.82) is 0 Å². The molecule has 0 saturated heterocycles. The van der Waals surface area contributed by atoms with Crippen molar-refractivity contribution in [2.45, 2.75) is 6.92 Å². The van der Waals surface area contributed by atoms with Crippen molar-refractivity contribution in [1.82, 2.24) is 14.5 Å². The zero-order valence-corrected chi connectivity index (χ0v) is 10.9. The highest BCUT2D eigenvalue weighted by Gasteiger charge is 2.09. The SMILES string of the molecule is Cc1nc(=O)n(-c2ccncc2)c2cc(Cl)ccc12. The molecule has 0 bridgehead atoms. The van der Waals surface area contributed by atoms with E-state index in [9.17, 15) is 4.79 Å². The molecule has 94 valence electrons. The van der Waals surface area contributed by atoms with Gasteiger partial charge in [-0.2, -0.15) is 4.98 Å². The smallest absolute Gasteiger partial charge is 0.265 e. The quantitative estimate of drug-likeness (QED) is 0.684. The van der Waals surface area contributed by atoms with Crippen molar-refractivity contribution in [3.8, 4) is 5.69 Å². The summed E-state index contributed by atoms with van der Waals surface area (Å²) in [6.07, 6.45) is 3.27. The van der Waals surface area contributed by atoms with Crippen LogP contribution in [0.5, 0.6) is 0 Å². The minimum absolute atomic E-state index is 0.321. The number of nitrogens with zero attached hydrogens (tertiary/aromatic N) is 3. The van der Waals surface area contributed by atoms with Gasteiger partial charge in [0.15, 0.2) is 0 Å². The molecule has 3 aromatic rings. The van der Waals surface area contributed by atoms with Crippen LogP contribution in [0.25, 0.3) is 16.6 Å². The number of rotatable bonds is 1. The van der Waals surface area contributed by atoms with Crippen LogP contribution in [0.15, 0.2) is 47.5 Å². The van der Waals surface area contributed by atoms with Gasteiger partial charge in [0.25, 0.3) is 0 Å². The highest BCUT2D eigenvalue weighted by atomic mass is 35.5. The molecule has 5 heteroatoms. The highest BCUT2D eigenvalue weighted by Crippen LogP contribution is 2.21. The summed E-state index contributed by atoms with van der Waals surface area (Å²) in [6.45, 7) is 1.81. The molecule has 0 radical (unpaired) electrons. The minimum Gasteiger partial charge on any atom is -0.265 e. The largest absolute Gasteiger partial charge is 0.352 e. The first-order valence-corrected chi connectivity index (χ1v) is 6.14. The van der Waals surface area contributed by atoms with Gasteiger partial charge in [-0.3, -0.25) is 9.55 Å². The Hall–Kier alpha value is -2.20. The Balaban J connectivity index is 2.48. The summed E-state index contributed by atoms with van der Waals surface area (Å²) in [5, 5.41) is 1.49. The van der Waals surface area contributed by atoms with Crippen molar-refractivity contribution in [3.63, 3.8) is 0 Å². The lowest BCUT2D eigenvalue weighted by atomic mass is 10.2. The Bertz CT molecular complexity index is 812. The summed E-state index contributed by atoms with van der Waals surface area (Å²) in [4.78, 5) is 20.2. The van der Waals surface area contributed by atoms with Gasteiger partial charge in [-0.25, -0.2) is 4.79 Å². The van der Waals surface area contributed by atoms with Gasteiger partial charge in [0.05, 0.1) is 16.9 Å². The molecule has 0 aliphatic heterocycles. The van der Waals surface area contributed by atoms with E-state index in [1.165, 1.54) is 4.57 Å². The Morgan fingerprint density at radius 1 is 1.16 bits per heavy atom. The van der Waals surface area contributed by atoms with Crippen LogP contribution in [0.1, 0.15) is 5.69 Å². The molecular formula is C14H10ClN3O. The van der Waals surface area contributed by atoms with Crippen molar-refractivity contribution >= 4 is 22.5 Å². The fraction of sp³-hybridized carbons (Fsp3) is 0.0714. The number of halogens is 1. The van der Waals surface area contributed by atoms with Gasteiger partial charge in [0.2, 0.25) is 0 Å². The van der Waals surface area contributed by atoms with E-state index >= 15 is 0 Å². The Morgan fingerprint density at radius 3 is 2.63 bits per heavy atom. The highest BCUT2D eigenvalue weighted by molar-refractivity contribution is 6.31. The third-order valence-electron chi connectivity index (χ3n) is 2.97. The average Bonchev–Trinajstić information content (AvgIpc) is 2.39.